The number of aromatic nitrogens is 1. The summed E-state index contributed by atoms with van der Waals surface area (Å²) < 4.78 is 1.93. The van der Waals surface area contributed by atoms with Crippen LogP contribution in [0, 0.1) is 0 Å². The average molecular weight is 290 g/mol. The number of nitrogens with one attached hydrogen (secondary N) is 1. The molecule has 1 fully saturated rings. The lowest BCUT2D eigenvalue weighted by Gasteiger charge is -2.28. The second kappa shape index (κ2) is 5.81. The molecule has 1 aliphatic rings. The average Bonchev–Trinajstić information content (AvgIpc) is 3.11. The van der Waals surface area contributed by atoms with Crippen molar-refractivity contribution in [1.82, 2.24) is 9.88 Å². The van der Waals surface area contributed by atoms with Crippen LogP contribution in [0.25, 0.3) is 5.69 Å². The van der Waals surface area contributed by atoms with Crippen LogP contribution >= 0.6 is 11.3 Å². The molecule has 2 atom stereocenters. The standard InChI is InChI=1S/C15H18N2O2S/c18-13-6-2-1-5-11(13)16-15(19)14-12(7-10-20-14)17-8-3-4-9-17/h3-4,7-11,13,18H,1-2,5-6H2,(H,16,19)/t11-,13-/m0/s1. The predicted octanol–water partition coefficient (Wildman–Crippen LogP) is 2.57. The zero-order valence-electron chi connectivity index (χ0n) is 11.2. The monoisotopic (exact) mass is 290 g/mol. The van der Waals surface area contributed by atoms with E-state index in [1.165, 1.54) is 11.3 Å². The number of carbonyl (C=O) groups excluding carboxylic acids is 1. The van der Waals surface area contributed by atoms with E-state index in [-0.39, 0.29) is 11.9 Å². The van der Waals surface area contributed by atoms with E-state index < -0.39 is 6.10 Å². The van der Waals surface area contributed by atoms with Crippen molar-refractivity contribution in [2.45, 2.75) is 37.8 Å². The molecule has 106 valence electrons. The van der Waals surface area contributed by atoms with Gasteiger partial charge in [-0.05, 0) is 36.4 Å². The molecule has 20 heavy (non-hydrogen) atoms. The molecular weight excluding hydrogens is 272 g/mol. The van der Waals surface area contributed by atoms with Gasteiger partial charge < -0.3 is 15.0 Å². The Morgan fingerprint density at radius 1 is 1.30 bits per heavy atom. The zero-order chi connectivity index (χ0) is 13.9. The van der Waals surface area contributed by atoms with Crippen molar-refractivity contribution in [2.24, 2.45) is 0 Å². The minimum absolute atomic E-state index is 0.0883. The van der Waals surface area contributed by atoms with Crippen LogP contribution in [0.3, 0.4) is 0 Å². The van der Waals surface area contributed by atoms with Crippen LogP contribution in [0.1, 0.15) is 35.4 Å². The zero-order valence-corrected chi connectivity index (χ0v) is 12.0. The number of nitrogens with zero attached hydrogens (tertiary/aromatic N) is 1. The smallest absolute Gasteiger partial charge is 0.263 e. The van der Waals surface area contributed by atoms with Gasteiger partial charge in [-0.25, -0.2) is 0 Å². The molecule has 0 radical (unpaired) electrons. The number of hydrogen-bond acceptors (Lipinski definition) is 3. The maximum atomic E-state index is 12.4. The summed E-state index contributed by atoms with van der Waals surface area (Å²) in [6, 6.07) is 5.70. The third-order valence-corrected chi connectivity index (χ3v) is 4.68. The van der Waals surface area contributed by atoms with Gasteiger partial charge in [0.05, 0.1) is 17.8 Å². The molecule has 4 nitrogen and oxygen atoms in total. The molecule has 0 saturated heterocycles. The van der Waals surface area contributed by atoms with Gasteiger partial charge in [0.2, 0.25) is 0 Å². The molecule has 2 aromatic heterocycles. The Hall–Kier alpha value is -1.59. The third-order valence-electron chi connectivity index (χ3n) is 3.78. The summed E-state index contributed by atoms with van der Waals surface area (Å²) in [5, 5.41) is 14.9. The van der Waals surface area contributed by atoms with Gasteiger partial charge in [-0.2, -0.15) is 0 Å². The third kappa shape index (κ3) is 2.64. The summed E-state index contributed by atoms with van der Waals surface area (Å²) in [5.41, 5.74) is 0.891. The van der Waals surface area contributed by atoms with Crippen LogP contribution in [-0.4, -0.2) is 27.7 Å². The van der Waals surface area contributed by atoms with Crippen molar-refractivity contribution in [3.8, 4) is 5.69 Å². The van der Waals surface area contributed by atoms with Crippen molar-refractivity contribution >= 4 is 17.2 Å². The van der Waals surface area contributed by atoms with Crippen molar-refractivity contribution in [3.63, 3.8) is 0 Å². The highest BCUT2D eigenvalue weighted by atomic mass is 32.1. The molecule has 0 bridgehead atoms. The molecule has 1 amide bonds. The van der Waals surface area contributed by atoms with E-state index >= 15 is 0 Å². The van der Waals surface area contributed by atoms with Gasteiger partial charge in [0, 0.05) is 12.4 Å². The fraction of sp³-hybridized carbons (Fsp3) is 0.400. The SMILES string of the molecule is O=C(N[C@H]1CCCC[C@@H]1O)c1sccc1-n1cccc1. The molecule has 3 rings (SSSR count). The van der Waals surface area contributed by atoms with Crippen molar-refractivity contribution in [1.29, 1.82) is 0 Å². The number of thiophene rings is 1. The van der Waals surface area contributed by atoms with Crippen LogP contribution < -0.4 is 5.32 Å². The molecule has 0 spiro atoms. The van der Waals surface area contributed by atoms with Crippen LogP contribution in [0.5, 0.6) is 0 Å². The second-order valence-electron chi connectivity index (χ2n) is 5.16. The minimum atomic E-state index is -0.414. The van der Waals surface area contributed by atoms with Crippen molar-refractivity contribution < 1.29 is 9.90 Å². The Labute approximate surface area is 122 Å². The molecule has 2 aromatic rings. The van der Waals surface area contributed by atoms with Crippen LogP contribution in [-0.2, 0) is 0 Å². The normalized spacial score (nSPS) is 22.6. The summed E-state index contributed by atoms with van der Waals surface area (Å²) in [6.45, 7) is 0. The highest BCUT2D eigenvalue weighted by Gasteiger charge is 2.26. The van der Waals surface area contributed by atoms with Crippen LogP contribution in [0.2, 0.25) is 0 Å². The Bertz CT molecular complexity index is 576. The predicted molar refractivity (Wildman–Crippen MR) is 79.4 cm³/mol. The van der Waals surface area contributed by atoms with Gasteiger partial charge in [-0.15, -0.1) is 11.3 Å². The highest BCUT2D eigenvalue weighted by Crippen LogP contribution is 2.23. The summed E-state index contributed by atoms with van der Waals surface area (Å²) in [4.78, 5) is 13.1. The van der Waals surface area contributed by atoms with E-state index in [1.54, 1.807) is 0 Å². The summed E-state index contributed by atoms with van der Waals surface area (Å²) in [7, 11) is 0. The Kier molecular flexibility index (Phi) is 3.89. The molecule has 1 aliphatic carbocycles. The maximum Gasteiger partial charge on any atom is 0.263 e. The maximum absolute atomic E-state index is 12.4. The fourth-order valence-electron chi connectivity index (χ4n) is 2.68. The van der Waals surface area contributed by atoms with E-state index in [0.29, 0.717) is 4.88 Å². The van der Waals surface area contributed by atoms with Gasteiger partial charge >= 0.3 is 0 Å². The first kappa shape index (κ1) is 13.4. The number of hydrogen-bond donors (Lipinski definition) is 2. The second-order valence-corrected chi connectivity index (χ2v) is 6.07. The van der Waals surface area contributed by atoms with Gasteiger partial charge in [0.1, 0.15) is 4.88 Å². The lowest BCUT2D eigenvalue weighted by Crippen LogP contribution is -2.45. The van der Waals surface area contributed by atoms with Gasteiger partial charge in [0.15, 0.2) is 0 Å². The lowest BCUT2D eigenvalue weighted by molar-refractivity contribution is 0.0720. The topological polar surface area (TPSA) is 54.3 Å². The molecule has 1 saturated carbocycles. The molecule has 0 unspecified atom stereocenters. The molecule has 0 aromatic carbocycles. The van der Waals surface area contributed by atoms with Gasteiger partial charge in [-0.3, -0.25) is 4.79 Å². The highest BCUT2D eigenvalue weighted by molar-refractivity contribution is 7.12. The largest absolute Gasteiger partial charge is 0.391 e. The number of aliphatic hydroxyl groups is 1. The van der Waals surface area contributed by atoms with Crippen molar-refractivity contribution in [3.05, 3.63) is 40.8 Å². The number of carbonyl (C=O) groups is 1. The summed E-state index contributed by atoms with van der Waals surface area (Å²) in [5.74, 6) is -0.0883. The van der Waals surface area contributed by atoms with E-state index in [1.807, 2.05) is 40.5 Å². The summed E-state index contributed by atoms with van der Waals surface area (Å²) >= 11 is 1.43. The van der Waals surface area contributed by atoms with E-state index in [9.17, 15) is 9.90 Å². The molecule has 5 heteroatoms. The first-order chi connectivity index (χ1) is 9.75. The molecular formula is C15H18N2O2S. The van der Waals surface area contributed by atoms with E-state index in [0.717, 1.165) is 31.4 Å². The number of aliphatic hydroxyl groups excluding tert-OH is 1. The van der Waals surface area contributed by atoms with Gasteiger partial charge in [0.25, 0.3) is 5.91 Å². The fourth-order valence-corrected chi connectivity index (χ4v) is 3.48. The van der Waals surface area contributed by atoms with E-state index in [2.05, 4.69) is 5.32 Å². The first-order valence-corrected chi connectivity index (χ1v) is 7.83. The Balaban J connectivity index is 1.76. The number of rotatable bonds is 3. The first-order valence-electron chi connectivity index (χ1n) is 6.95. The molecule has 2 heterocycles. The minimum Gasteiger partial charge on any atom is -0.391 e. The Morgan fingerprint density at radius 2 is 2.05 bits per heavy atom. The van der Waals surface area contributed by atoms with Crippen LogP contribution in [0.4, 0.5) is 0 Å². The molecule has 2 N–H and O–H groups in total. The van der Waals surface area contributed by atoms with Crippen LogP contribution in [0.15, 0.2) is 36.0 Å². The Morgan fingerprint density at radius 3 is 2.80 bits per heavy atom. The quantitative estimate of drug-likeness (QED) is 0.913. The summed E-state index contributed by atoms with van der Waals surface area (Å²) in [6.07, 6.45) is 7.18. The van der Waals surface area contributed by atoms with Gasteiger partial charge in [-0.1, -0.05) is 12.8 Å². The molecule has 0 aliphatic heterocycles. The van der Waals surface area contributed by atoms with E-state index in [4.69, 9.17) is 0 Å². The number of amides is 1. The van der Waals surface area contributed by atoms with Crippen molar-refractivity contribution in [2.75, 3.05) is 0 Å². The lowest BCUT2D eigenvalue weighted by atomic mass is 9.92.